The van der Waals surface area contributed by atoms with Crippen molar-refractivity contribution in [3.63, 3.8) is 0 Å². The fourth-order valence-electron chi connectivity index (χ4n) is 5.55. The summed E-state index contributed by atoms with van der Waals surface area (Å²) in [4.78, 5) is 25.8. The molecule has 3 aromatic rings. The number of benzene rings is 3. The van der Waals surface area contributed by atoms with E-state index in [4.69, 9.17) is 9.47 Å². The van der Waals surface area contributed by atoms with Gasteiger partial charge in [-0.25, -0.2) is 0 Å². The number of carbonyl (C=O) groups is 2. The van der Waals surface area contributed by atoms with Gasteiger partial charge in [-0.1, -0.05) is 80.1 Å². The normalized spacial score (nSPS) is 20.7. The average Bonchev–Trinajstić information content (AvgIpc) is 3.04. The van der Waals surface area contributed by atoms with Gasteiger partial charge in [0.1, 0.15) is 0 Å². The molecule has 0 unspecified atom stereocenters. The number of aliphatic hydroxyl groups is 1. The van der Waals surface area contributed by atoms with Gasteiger partial charge in [-0.2, -0.15) is 0 Å². The summed E-state index contributed by atoms with van der Waals surface area (Å²) in [5, 5.41) is 15.3. The Morgan fingerprint density at radius 1 is 0.909 bits per heavy atom. The number of unbranched alkanes of at least 4 members (excludes halogenated alkanes) is 2. The van der Waals surface area contributed by atoms with Crippen LogP contribution in [0.15, 0.2) is 78.9 Å². The highest BCUT2D eigenvalue weighted by Crippen LogP contribution is 2.42. The molecule has 0 aromatic heterocycles. The van der Waals surface area contributed by atoms with E-state index < -0.39 is 6.29 Å². The Labute approximate surface area is 261 Å². The lowest BCUT2D eigenvalue weighted by atomic mass is 9.89. The monoisotopic (exact) mass is 601 g/mol. The Balaban J connectivity index is 1.42. The lowest BCUT2D eigenvalue weighted by Crippen LogP contribution is -2.44. The van der Waals surface area contributed by atoms with Gasteiger partial charge in [-0.3, -0.25) is 14.5 Å². The van der Waals surface area contributed by atoms with Gasteiger partial charge < -0.3 is 25.2 Å². The van der Waals surface area contributed by atoms with E-state index in [0.717, 1.165) is 48.2 Å². The average molecular weight is 602 g/mol. The zero-order chi connectivity index (χ0) is 31.5. The van der Waals surface area contributed by atoms with E-state index in [0.29, 0.717) is 13.0 Å². The van der Waals surface area contributed by atoms with Crippen LogP contribution in [0.25, 0.3) is 0 Å². The molecule has 0 spiro atoms. The van der Waals surface area contributed by atoms with Gasteiger partial charge in [0, 0.05) is 49.6 Å². The van der Waals surface area contributed by atoms with Gasteiger partial charge in [0.15, 0.2) is 6.29 Å². The fourth-order valence-corrected chi connectivity index (χ4v) is 5.55. The summed E-state index contributed by atoms with van der Waals surface area (Å²) < 4.78 is 13.2. The van der Waals surface area contributed by atoms with Crippen LogP contribution in [-0.2, 0) is 25.7 Å². The minimum absolute atomic E-state index is 0.000617. The molecule has 3 aromatic carbocycles. The van der Waals surface area contributed by atoms with Crippen molar-refractivity contribution in [1.29, 1.82) is 0 Å². The molecule has 1 fully saturated rings. The fraction of sp³-hybridized carbons (Fsp3) is 0.444. The third-order valence-corrected chi connectivity index (χ3v) is 8.46. The number of hydrogen-bond acceptors (Lipinski definition) is 6. The summed E-state index contributed by atoms with van der Waals surface area (Å²) >= 11 is 0. The number of likely N-dealkylation sites (N-methyl/N-ethyl adjacent to an activating group) is 1. The Bertz CT molecular complexity index is 1320. The highest BCUT2D eigenvalue weighted by Gasteiger charge is 2.39. The van der Waals surface area contributed by atoms with Gasteiger partial charge in [-0.15, -0.1) is 0 Å². The summed E-state index contributed by atoms with van der Waals surface area (Å²) in [7, 11) is 2.13. The summed E-state index contributed by atoms with van der Waals surface area (Å²) in [6.07, 6.45) is 2.07. The van der Waals surface area contributed by atoms with Crippen LogP contribution in [0.2, 0.25) is 0 Å². The Kier molecular flexibility index (Phi) is 12.5. The SMILES string of the molecule is CC(=O)NCCCCCC(=O)Nc1ccc([C@H]2O[C@@H](CN(C)[C@@H](C)c3ccccc3)[C@@H](C)[C@@H](c3ccc(CO)cc3)O2)cc1. The van der Waals surface area contributed by atoms with Crippen LogP contribution in [0.3, 0.4) is 0 Å². The van der Waals surface area contributed by atoms with E-state index in [1.54, 1.807) is 0 Å². The lowest BCUT2D eigenvalue weighted by Gasteiger charge is -2.43. The van der Waals surface area contributed by atoms with Crippen LogP contribution in [0.4, 0.5) is 5.69 Å². The van der Waals surface area contributed by atoms with Gasteiger partial charge >= 0.3 is 0 Å². The van der Waals surface area contributed by atoms with E-state index in [1.807, 2.05) is 54.6 Å². The number of carbonyl (C=O) groups excluding carboxylic acids is 2. The van der Waals surface area contributed by atoms with Crippen molar-refractivity contribution < 1.29 is 24.2 Å². The number of nitrogens with one attached hydrogen (secondary N) is 2. The zero-order valence-corrected chi connectivity index (χ0v) is 26.4. The van der Waals surface area contributed by atoms with Crippen molar-refractivity contribution in [2.24, 2.45) is 5.92 Å². The smallest absolute Gasteiger partial charge is 0.224 e. The second-order valence-corrected chi connectivity index (χ2v) is 11.8. The van der Waals surface area contributed by atoms with Crippen LogP contribution in [0.5, 0.6) is 0 Å². The number of anilines is 1. The molecule has 44 heavy (non-hydrogen) atoms. The van der Waals surface area contributed by atoms with Crippen molar-refractivity contribution in [2.75, 3.05) is 25.5 Å². The number of nitrogens with zero attached hydrogens (tertiary/aromatic N) is 1. The number of hydrogen-bond donors (Lipinski definition) is 3. The Morgan fingerprint density at radius 3 is 2.25 bits per heavy atom. The van der Waals surface area contributed by atoms with Crippen LogP contribution in [0.1, 0.15) is 87.1 Å². The largest absolute Gasteiger partial charge is 0.392 e. The second kappa shape index (κ2) is 16.5. The Hall–Kier alpha value is -3.56. The molecule has 0 saturated carbocycles. The number of ether oxygens (including phenoxy) is 2. The highest BCUT2D eigenvalue weighted by molar-refractivity contribution is 5.90. The molecule has 4 rings (SSSR count). The molecule has 0 aliphatic carbocycles. The number of aliphatic hydroxyl groups excluding tert-OH is 1. The summed E-state index contributed by atoms with van der Waals surface area (Å²) in [6, 6.07) is 26.3. The zero-order valence-electron chi connectivity index (χ0n) is 26.4. The first-order valence-electron chi connectivity index (χ1n) is 15.6. The standard InChI is InChI=1S/C36H47N3O5/c1-25-33(23-39(4)26(2)29-11-7-5-8-12-29)43-36(44-35(25)30-16-14-28(24-40)15-17-30)31-18-20-32(21-19-31)38-34(42)13-9-6-10-22-37-27(3)41/h5,7-8,11-12,14-21,25-26,33,35-36,40H,6,9-10,13,22-24H2,1-4H3,(H,37,41)(H,38,42)/t25-,26+,33+,35+,36+/m1/s1. The van der Waals surface area contributed by atoms with Gasteiger partial charge in [0.2, 0.25) is 11.8 Å². The predicted octanol–water partition coefficient (Wildman–Crippen LogP) is 6.30. The third kappa shape index (κ3) is 9.47. The van der Waals surface area contributed by atoms with Crippen LogP contribution in [-0.4, -0.2) is 48.1 Å². The topological polar surface area (TPSA) is 100 Å². The van der Waals surface area contributed by atoms with Crippen molar-refractivity contribution in [1.82, 2.24) is 10.2 Å². The van der Waals surface area contributed by atoms with Crippen LogP contribution in [0, 0.1) is 5.92 Å². The molecule has 236 valence electrons. The first-order valence-corrected chi connectivity index (χ1v) is 15.6. The minimum Gasteiger partial charge on any atom is -0.392 e. The van der Waals surface area contributed by atoms with E-state index in [9.17, 15) is 14.7 Å². The number of rotatable bonds is 14. The predicted molar refractivity (Wildman–Crippen MR) is 173 cm³/mol. The van der Waals surface area contributed by atoms with Crippen molar-refractivity contribution in [3.8, 4) is 0 Å². The summed E-state index contributed by atoms with van der Waals surface area (Å²) in [5.41, 5.74) is 4.78. The molecule has 2 amide bonds. The molecule has 1 heterocycles. The molecule has 1 aliphatic rings. The molecule has 0 radical (unpaired) electrons. The molecule has 0 bridgehead atoms. The maximum absolute atomic E-state index is 12.5. The molecule has 5 atom stereocenters. The molecular weight excluding hydrogens is 554 g/mol. The van der Waals surface area contributed by atoms with Crippen molar-refractivity contribution in [3.05, 3.63) is 101 Å². The van der Waals surface area contributed by atoms with Crippen LogP contribution >= 0.6 is 0 Å². The minimum atomic E-state index is -0.576. The maximum atomic E-state index is 12.5. The summed E-state index contributed by atoms with van der Waals surface area (Å²) in [6.45, 7) is 7.25. The van der Waals surface area contributed by atoms with Gasteiger partial charge in [0.05, 0.1) is 18.8 Å². The molecular formula is C36H47N3O5. The molecule has 8 heteroatoms. The van der Waals surface area contributed by atoms with E-state index in [1.165, 1.54) is 12.5 Å². The second-order valence-electron chi connectivity index (χ2n) is 11.8. The van der Waals surface area contributed by atoms with E-state index in [2.05, 4.69) is 60.7 Å². The van der Waals surface area contributed by atoms with Crippen molar-refractivity contribution in [2.45, 2.75) is 77.6 Å². The number of amides is 2. The maximum Gasteiger partial charge on any atom is 0.224 e. The highest BCUT2D eigenvalue weighted by atomic mass is 16.7. The van der Waals surface area contributed by atoms with Crippen molar-refractivity contribution >= 4 is 17.5 Å². The Morgan fingerprint density at radius 2 is 1.59 bits per heavy atom. The molecule has 1 saturated heterocycles. The molecule has 3 N–H and O–H groups in total. The van der Waals surface area contributed by atoms with Crippen LogP contribution < -0.4 is 10.6 Å². The third-order valence-electron chi connectivity index (χ3n) is 8.46. The first kappa shape index (κ1) is 33.3. The molecule has 1 aliphatic heterocycles. The van der Waals surface area contributed by atoms with E-state index >= 15 is 0 Å². The van der Waals surface area contributed by atoms with Gasteiger partial charge in [-0.05, 0) is 55.6 Å². The lowest BCUT2D eigenvalue weighted by molar-refractivity contribution is -0.276. The first-order chi connectivity index (χ1) is 21.2. The van der Waals surface area contributed by atoms with Gasteiger partial charge in [0.25, 0.3) is 0 Å². The summed E-state index contributed by atoms with van der Waals surface area (Å²) in [5.74, 6) is 0.0178. The molecule has 8 nitrogen and oxygen atoms in total. The quantitative estimate of drug-likeness (QED) is 0.188. The van der Waals surface area contributed by atoms with E-state index in [-0.39, 0.29) is 42.6 Å².